The summed E-state index contributed by atoms with van der Waals surface area (Å²) in [4.78, 5) is 20.9. The number of fused-ring (bicyclic) bond motifs is 1. The molecule has 0 aliphatic rings. The fraction of sp³-hybridized carbons (Fsp3) is 0.133. The van der Waals surface area contributed by atoms with E-state index in [-0.39, 0.29) is 16.9 Å². The van der Waals surface area contributed by atoms with Crippen molar-refractivity contribution in [3.63, 3.8) is 0 Å². The van der Waals surface area contributed by atoms with E-state index >= 15 is 0 Å². The van der Waals surface area contributed by atoms with Crippen LogP contribution < -0.4 is 5.32 Å². The molecule has 0 atom stereocenters. The van der Waals surface area contributed by atoms with Gasteiger partial charge in [-0.1, -0.05) is 23.7 Å². The van der Waals surface area contributed by atoms with Crippen LogP contribution in [0.4, 0.5) is 5.82 Å². The van der Waals surface area contributed by atoms with Crippen LogP contribution in [-0.4, -0.2) is 20.4 Å². The topological polar surface area (TPSA) is 59.8 Å². The van der Waals surface area contributed by atoms with Crippen LogP contribution in [0.25, 0.3) is 11.0 Å². The molecule has 5 nitrogen and oxygen atoms in total. The third-order valence-electron chi connectivity index (χ3n) is 3.16. The van der Waals surface area contributed by atoms with Crippen molar-refractivity contribution >= 4 is 34.4 Å². The zero-order valence-electron chi connectivity index (χ0n) is 11.4. The van der Waals surface area contributed by atoms with E-state index in [0.717, 1.165) is 0 Å². The number of hydrogen-bond acceptors (Lipinski definition) is 3. The molecule has 106 valence electrons. The van der Waals surface area contributed by atoms with E-state index < -0.39 is 0 Å². The Morgan fingerprint density at radius 1 is 1.19 bits per heavy atom. The van der Waals surface area contributed by atoms with Gasteiger partial charge in [0.2, 0.25) is 0 Å². The number of hydrogen-bond donors (Lipinski definition) is 1. The van der Waals surface area contributed by atoms with Gasteiger partial charge in [0.25, 0.3) is 5.91 Å². The Bertz CT molecular complexity index is 812. The summed E-state index contributed by atoms with van der Waals surface area (Å²) in [7, 11) is 0. The molecule has 0 saturated heterocycles. The minimum absolute atomic E-state index is 0.177. The molecule has 1 N–H and O–H groups in total. The highest BCUT2D eigenvalue weighted by Crippen LogP contribution is 2.21. The SMILES string of the molecule is CCn1cccc1C(=O)Nc1nc2ccccc2nc1Cl. The van der Waals surface area contributed by atoms with Crippen molar-refractivity contribution in [3.8, 4) is 0 Å². The molecule has 2 aromatic heterocycles. The first-order valence-electron chi connectivity index (χ1n) is 6.58. The average molecular weight is 301 g/mol. The van der Waals surface area contributed by atoms with Crippen molar-refractivity contribution in [2.45, 2.75) is 13.5 Å². The summed E-state index contributed by atoms with van der Waals surface area (Å²) < 4.78 is 1.84. The van der Waals surface area contributed by atoms with E-state index in [1.54, 1.807) is 6.07 Å². The second-order valence-electron chi connectivity index (χ2n) is 4.49. The second kappa shape index (κ2) is 5.54. The molecule has 1 amide bonds. The van der Waals surface area contributed by atoms with E-state index in [4.69, 9.17) is 11.6 Å². The Kier molecular flexibility index (Phi) is 3.58. The average Bonchev–Trinajstić information content (AvgIpc) is 2.96. The van der Waals surface area contributed by atoms with Crippen LogP contribution in [0.2, 0.25) is 5.15 Å². The Hall–Kier alpha value is -2.40. The monoisotopic (exact) mass is 300 g/mol. The third-order valence-corrected chi connectivity index (χ3v) is 3.43. The van der Waals surface area contributed by atoms with Gasteiger partial charge in [-0.2, -0.15) is 0 Å². The molecule has 0 aliphatic carbocycles. The summed E-state index contributed by atoms with van der Waals surface area (Å²) in [5.74, 6) is 0.0116. The number of carbonyl (C=O) groups excluding carboxylic acids is 1. The van der Waals surface area contributed by atoms with Crippen LogP contribution in [0.15, 0.2) is 42.6 Å². The molecular formula is C15H13ClN4O. The molecule has 0 spiro atoms. The maximum absolute atomic E-state index is 12.3. The van der Waals surface area contributed by atoms with Crippen molar-refractivity contribution in [2.75, 3.05) is 5.32 Å². The molecule has 0 unspecified atom stereocenters. The second-order valence-corrected chi connectivity index (χ2v) is 4.84. The minimum Gasteiger partial charge on any atom is -0.344 e. The standard InChI is InChI=1S/C15H13ClN4O/c1-2-20-9-5-8-12(20)15(21)19-14-13(16)17-10-6-3-4-7-11(10)18-14/h3-9H,2H2,1H3,(H,18,19,21). The fourth-order valence-electron chi connectivity index (χ4n) is 2.13. The number of aryl methyl sites for hydroxylation is 1. The van der Waals surface area contributed by atoms with Gasteiger partial charge in [0.05, 0.1) is 11.0 Å². The lowest BCUT2D eigenvalue weighted by Gasteiger charge is -2.09. The Morgan fingerprint density at radius 2 is 1.90 bits per heavy atom. The van der Waals surface area contributed by atoms with Crippen LogP contribution in [-0.2, 0) is 6.54 Å². The van der Waals surface area contributed by atoms with Gasteiger partial charge < -0.3 is 9.88 Å². The number of carbonyl (C=O) groups is 1. The molecule has 0 aliphatic heterocycles. The van der Waals surface area contributed by atoms with Gasteiger partial charge in [0, 0.05) is 12.7 Å². The Labute approximate surface area is 126 Å². The molecule has 0 fully saturated rings. The van der Waals surface area contributed by atoms with Gasteiger partial charge in [0.1, 0.15) is 5.69 Å². The largest absolute Gasteiger partial charge is 0.344 e. The molecule has 21 heavy (non-hydrogen) atoms. The molecule has 3 aromatic rings. The van der Waals surface area contributed by atoms with Crippen molar-refractivity contribution in [3.05, 3.63) is 53.4 Å². The quantitative estimate of drug-likeness (QED) is 0.807. The van der Waals surface area contributed by atoms with Gasteiger partial charge >= 0.3 is 0 Å². The summed E-state index contributed by atoms with van der Waals surface area (Å²) in [5.41, 5.74) is 1.93. The van der Waals surface area contributed by atoms with Crippen LogP contribution in [0, 0.1) is 0 Å². The zero-order valence-corrected chi connectivity index (χ0v) is 12.1. The molecule has 0 saturated carbocycles. The smallest absolute Gasteiger partial charge is 0.273 e. The van der Waals surface area contributed by atoms with Crippen molar-refractivity contribution in [1.29, 1.82) is 0 Å². The number of aromatic nitrogens is 3. The lowest BCUT2D eigenvalue weighted by molar-refractivity contribution is 0.101. The Balaban J connectivity index is 1.94. The van der Waals surface area contributed by atoms with E-state index in [9.17, 15) is 4.79 Å². The van der Waals surface area contributed by atoms with Crippen molar-refractivity contribution < 1.29 is 4.79 Å². The maximum atomic E-state index is 12.3. The number of anilines is 1. The van der Waals surface area contributed by atoms with Gasteiger partial charge in [0.15, 0.2) is 11.0 Å². The molecule has 3 rings (SSSR count). The summed E-state index contributed by atoms with van der Waals surface area (Å²) in [6.07, 6.45) is 1.85. The van der Waals surface area contributed by atoms with E-state index in [1.165, 1.54) is 0 Å². The van der Waals surface area contributed by atoms with E-state index in [1.807, 2.05) is 48.0 Å². The van der Waals surface area contributed by atoms with Crippen LogP contribution in [0.5, 0.6) is 0 Å². The predicted octanol–water partition coefficient (Wildman–Crippen LogP) is 3.36. The molecule has 6 heteroatoms. The zero-order chi connectivity index (χ0) is 14.8. The van der Waals surface area contributed by atoms with E-state index in [2.05, 4.69) is 15.3 Å². The highest BCUT2D eigenvalue weighted by Gasteiger charge is 2.14. The molecule has 0 radical (unpaired) electrons. The van der Waals surface area contributed by atoms with Gasteiger partial charge in [-0.15, -0.1) is 0 Å². The number of halogens is 1. The summed E-state index contributed by atoms with van der Waals surface area (Å²) in [6, 6.07) is 10.9. The van der Waals surface area contributed by atoms with Gasteiger partial charge in [-0.3, -0.25) is 4.79 Å². The Morgan fingerprint density at radius 3 is 2.62 bits per heavy atom. The molecular weight excluding hydrogens is 288 g/mol. The van der Waals surface area contributed by atoms with Crippen molar-refractivity contribution in [2.24, 2.45) is 0 Å². The minimum atomic E-state index is -0.256. The third kappa shape index (κ3) is 2.60. The van der Waals surface area contributed by atoms with Gasteiger partial charge in [-0.25, -0.2) is 9.97 Å². The summed E-state index contributed by atoms with van der Waals surface area (Å²) >= 11 is 6.09. The first-order valence-corrected chi connectivity index (χ1v) is 6.95. The van der Waals surface area contributed by atoms with Crippen molar-refractivity contribution in [1.82, 2.24) is 14.5 Å². The number of para-hydroxylation sites is 2. The fourth-order valence-corrected chi connectivity index (χ4v) is 2.31. The van der Waals surface area contributed by atoms with Crippen LogP contribution in [0.3, 0.4) is 0 Å². The first-order chi connectivity index (χ1) is 10.2. The normalized spacial score (nSPS) is 10.8. The van der Waals surface area contributed by atoms with Crippen LogP contribution in [0.1, 0.15) is 17.4 Å². The highest BCUT2D eigenvalue weighted by molar-refractivity contribution is 6.32. The lowest BCUT2D eigenvalue weighted by Crippen LogP contribution is -2.17. The summed E-state index contributed by atoms with van der Waals surface area (Å²) in [6.45, 7) is 2.69. The van der Waals surface area contributed by atoms with E-state index in [0.29, 0.717) is 23.3 Å². The lowest BCUT2D eigenvalue weighted by atomic mass is 10.3. The summed E-state index contributed by atoms with van der Waals surface area (Å²) in [5, 5.41) is 2.89. The molecule has 1 aromatic carbocycles. The predicted molar refractivity (Wildman–Crippen MR) is 82.6 cm³/mol. The van der Waals surface area contributed by atoms with Crippen LogP contribution >= 0.6 is 11.6 Å². The maximum Gasteiger partial charge on any atom is 0.273 e. The number of amides is 1. The number of nitrogens with zero attached hydrogens (tertiary/aromatic N) is 3. The molecule has 2 heterocycles. The number of rotatable bonds is 3. The number of nitrogens with one attached hydrogen (secondary N) is 1. The first kappa shape index (κ1) is 13.6. The number of benzene rings is 1. The molecule has 0 bridgehead atoms. The van der Waals surface area contributed by atoms with Gasteiger partial charge in [-0.05, 0) is 31.2 Å². The highest BCUT2D eigenvalue weighted by atomic mass is 35.5.